The summed E-state index contributed by atoms with van der Waals surface area (Å²) in [5, 5.41) is 15.9. The lowest BCUT2D eigenvalue weighted by molar-refractivity contribution is -0.122. The van der Waals surface area contributed by atoms with E-state index in [9.17, 15) is 19.1 Å². The molecule has 0 radical (unpaired) electrons. The van der Waals surface area contributed by atoms with Crippen LogP contribution in [0.2, 0.25) is 5.02 Å². The predicted molar refractivity (Wildman–Crippen MR) is 124 cm³/mol. The molecule has 2 aromatic carbocycles. The number of nitrogens with one attached hydrogen (secondary N) is 2. The third-order valence-electron chi connectivity index (χ3n) is 4.54. The number of carbonyl (C=O) groups excluding carboxylic acids is 2. The van der Waals surface area contributed by atoms with Gasteiger partial charge in [0.25, 0.3) is 0 Å². The Kier molecular flexibility index (Phi) is 8.70. The van der Waals surface area contributed by atoms with E-state index in [1.807, 2.05) is 0 Å². The van der Waals surface area contributed by atoms with Gasteiger partial charge in [0.1, 0.15) is 18.1 Å². The van der Waals surface area contributed by atoms with E-state index in [-0.39, 0.29) is 43.1 Å². The van der Waals surface area contributed by atoms with E-state index in [0.29, 0.717) is 27.3 Å². The number of aliphatic hydroxyl groups excluding tert-OH is 1. The fraction of sp³-hybridized carbons (Fsp3) is 0.227. The summed E-state index contributed by atoms with van der Waals surface area (Å²) in [6.45, 7) is -0.178. The number of rotatable bonds is 10. The average Bonchev–Trinajstić information content (AvgIpc) is 3.19. The highest BCUT2D eigenvalue weighted by atomic mass is 35.5. The number of thioether (sulfide) groups is 1. The lowest BCUT2D eigenvalue weighted by atomic mass is 10.2. The van der Waals surface area contributed by atoms with Crippen molar-refractivity contribution in [2.75, 3.05) is 18.2 Å². The van der Waals surface area contributed by atoms with Gasteiger partial charge in [-0.3, -0.25) is 9.59 Å². The Labute approximate surface area is 199 Å². The molecule has 0 aliphatic carbocycles. The normalized spacial score (nSPS) is 10.7. The Morgan fingerprint density at radius 3 is 2.67 bits per heavy atom. The first kappa shape index (κ1) is 24.6. The number of nitrogens with zero attached hydrogens (tertiary/aromatic N) is 2. The standard InChI is InChI=1S/C22H22ClFN4O4S/c1-32-19-7-4-15(23)8-18(19)27-21(31)13-33-22-26-10-17(12-29)28(22)11-20(30)25-9-14-2-5-16(24)6-3-14/h2-8,10,29H,9,11-13H2,1H3,(H,25,30)(H,27,31). The van der Waals surface area contributed by atoms with Crippen LogP contribution in [0.1, 0.15) is 11.3 Å². The summed E-state index contributed by atoms with van der Waals surface area (Å²) in [5.41, 5.74) is 1.63. The van der Waals surface area contributed by atoms with E-state index in [0.717, 1.165) is 17.3 Å². The van der Waals surface area contributed by atoms with Gasteiger partial charge in [-0.25, -0.2) is 9.37 Å². The zero-order valence-corrected chi connectivity index (χ0v) is 19.3. The zero-order valence-electron chi connectivity index (χ0n) is 17.7. The minimum absolute atomic E-state index is 0.00868. The van der Waals surface area contributed by atoms with Gasteiger partial charge in [-0.05, 0) is 35.9 Å². The van der Waals surface area contributed by atoms with Crippen LogP contribution < -0.4 is 15.4 Å². The lowest BCUT2D eigenvalue weighted by Crippen LogP contribution is -2.28. The van der Waals surface area contributed by atoms with E-state index < -0.39 is 0 Å². The molecule has 0 unspecified atom stereocenters. The van der Waals surface area contributed by atoms with Crippen LogP contribution in [0.5, 0.6) is 5.75 Å². The fourth-order valence-corrected chi connectivity index (χ4v) is 3.87. The molecule has 0 spiro atoms. The number of halogens is 2. The minimum Gasteiger partial charge on any atom is -0.495 e. The Morgan fingerprint density at radius 1 is 1.21 bits per heavy atom. The van der Waals surface area contributed by atoms with Gasteiger partial charge >= 0.3 is 0 Å². The van der Waals surface area contributed by atoms with E-state index >= 15 is 0 Å². The Bertz CT molecular complexity index is 1120. The smallest absolute Gasteiger partial charge is 0.240 e. The van der Waals surface area contributed by atoms with Crippen molar-refractivity contribution < 1.29 is 23.8 Å². The van der Waals surface area contributed by atoms with Crippen molar-refractivity contribution in [2.24, 2.45) is 0 Å². The second kappa shape index (κ2) is 11.7. The maximum Gasteiger partial charge on any atom is 0.240 e. The van der Waals surface area contributed by atoms with Gasteiger partial charge in [0.05, 0.1) is 37.0 Å². The summed E-state index contributed by atoms with van der Waals surface area (Å²) in [5.74, 6) is -0.506. The molecular formula is C22H22ClFN4O4S. The van der Waals surface area contributed by atoms with Crippen molar-refractivity contribution in [2.45, 2.75) is 24.9 Å². The summed E-state index contributed by atoms with van der Waals surface area (Å²) in [7, 11) is 1.49. The van der Waals surface area contributed by atoms with Crippen LogP contribution in [0.3, 0.4) is 0 Å². The molecule has 3 rings (SSSR count). The number of aromatic nitrogens is 2. The molecule has 0 bridgehead atoms. The SMILES string of the molecule is COc1ccc(Cl)cc1NC(=O)CSc1ncc(CO)n1CC(=O)NCc1ccc(F)cc1. The molecule has 11 heteroatoms. The number of imidazole rings is 1. The van der Waals surface area contributed by atoms with Gasteiger partial charge in [0.15, 0.2) is 5.16 Å². The van der Waals surface area contributed by atoms with Gasteiger partial charge in [-0.2, -0.15) is 0 Å². The molecule has 0 atom stereocenters. The van der Waals surface area contributed by atoms with E-state index in [4.69, 9.17) is 16.3 Å². The van der Waals surface area contributed by atoms with Gasteiger partial charge in [-0.15, -0.1) is 0 Å². The van der Waals surface area contributed by atoms with E-state index in [1.54, 1.807) is 30.3 Å². The van der Waals surface area contributed by atoms with Gasteiger partial charge in [0.2, 0.25) is 11.8 Å². The Balaban J connectivity index is 1.59. The summed E-state index contributed by atoms with van der Waals surface area (Å²) in [4.78, 5) is 29.1. The van der Waals surface area contributed by atoms with Crippen LogP contribution in [0, 0.1) is 5.82 Å². The highest BCUT2D eigenvalue weighted by molar-refractivity contribution is 7.99. The van der Waals surface area contributed by atoms with Crippen LogP contribution >= 0.6 is 23.4 Å². The highest BCUT2D eigenvalue weighted by Gasteiger charge is 2.16. The number of amides is 2. The number of methoxy groups -OCH3 is 1. The van der Waals surface area contributed by atoms with Crippen molar-refractivity contribution in [3.05, 3.63) is 70.8 Å². The molecule has 3 aromatic rings. The summed E-state index contributed by atoms with van der Waals surface area (Å²) < 4.78 is 19.8. The largest absolute Gasteiger partial charge is 0.495 e. The predicted octanol–water partition coefficient (Wildman–Crippen LogP) is 3.22. The first-order valence-corrected chi connectivity index (χ1v) is 11.2. The maximum atomic E-state index is 13.0. The molecule has 174 valence electrons. The fourth-order valence-electron chi connectivity index (χ4n) is 2.90. The minimum atomic E-state index is -0.351. The number of aliphatic hydroxyl groups is 1. The third-order valence-corrected chi connectivity index (χ3v) is 5.76. The molecule has 2 amide bonds. The van der Waals surface area contributed by atoms with Crippen molar-refractivity contribution in [1.29, 1.82) is 0 Å². The van der Waals surface area contributed by atoms with Crippen molar-refractivity contribution >= 4 is 40.9 Å². The summed E-state index contributed by atoms with van der Waals surface area (Å²) in [6.07, 6.45) is 1.45. The molecule has 0 fully saturated rings. The Morgan fingerprint density at radius 2 is 1.97 bits per heavy atom. The van der Waals surface area contributed by atoms with E-state index in [2.05, 4.69) is 15.6 Å². The maximum absolute atomic E-state index is 13.0. The molecule has 0 saturated heterocycles. The molecule has 3 N–H and O–H groups in total. The van der Waals surface area contributed by atoms with Gasteiger partial charge in [-0.1, -0.05) is 35.5 Å². The second-order valence-corrected chi connectivity index (χ2v) is 8.24. The molecule has 0 aliphatic rings. The lowest BCUT2D eigenvalue weighted by Gasteiger charge is -2.12. The summed E-state index contributed by atoms with van der Waals surface area (Å²) in [6, 6.07) is 10.7. The zero-order chi connectivity index (χ0) is 23.8. The third kappa shape index (κ3) is 6.95. The van der Waals surface area contributed by atoms with Crippen molar-refractivity contribution in [3.8, 4) is 5.75 Å². The van der Waals surface area contributed by atoms with Crippen molar-refractivity contribution in [1.82, 2.24) is 14.9 Å². The van der Waals surface area contributed by atoms with Gasteiger partial charge in [0, 0.05) is 11.6 Å². The van der Waals surface area contributed by atoms with Crippen LogP contribution in [0.25, 0.3) is 0 Å². The number of hydrogen-bond donors (Lipinski definition) is 3. The molecule has 1 aromatic heterocycles. The van der Waals surface area contributed by atoms with Crippen LogP contribution in [-0.2, 0) is 29.3 Å². The molecule has 1 heterocycles. The van der Waals surface area contributed by atoms with Crippen LogP contribution in [0.4, 0.5) is 10.1 Å². The number of carbonyl (C=O) groups is 2. The number of ether oxygens (including phenoxy) is 1. The van der Waals surface area contributed by atoms with Crippen molar-refractivity contribution in [3.63, 3.8) is 0 Å². The first-order valence-electron chi connectivity index (χ1n) is 9.82. The second-order valence-electron chi connectivity index (χ2n) is 6.86. The topological polar surface area (TPSA) is 105 Å². The quantitative estimate of drug-likeness (QED) is 0.375. The molecule has 0 saturated carbocycles. The van der Waals surface area contributed by atoms with Crippen LogP contribution in [0.15, 0.2) is 53.8 Å². The van der Waals surface area contributed by atoms with Crippen LogP contribution in [-0.4, -0.2) is 39.3 Å². The Hall–Kier alpha value is -3.08. The number of hydrogen-bond acceptors (Lipinski definition) is 6. The molecule has 33 heavy (non-hydrogen) atoms. The number of anilines is 1. The average molecular weight is 493 g/mol. The first-order chi connectivity index (χ1) is 15.9. The monoisotopic (exact) mass is 492 g/mol. The molecular weight excluding hydrogens is 471 g/mol. The van der Waals surface area contributed by atoms with E-state index in [1.165, 1.54) is 30.0 Å². The van der Waals surface area contributed by atoms with Gasteiger partial charge < -0.3 is 25.0 Å². The molecule has 8 nitrogen and oxygen atoms in total. The highest BCUT2D eigenvalue weighted by Crippen LogP contribution is 2.28. The number of benzene rings is 2. The molecule has 0 aliphatic heterocycles. The summed E-state index contributed by atoms with van der Waals surface area (Å²) >= 11 is 7.11.